The molecule has 4 nitrogen and oxygen atoms in total. The van der Waals surface area contributed by atoms with Gasteiger partial charge in [0.15, 0.2) is 0 Å². The zero-order chi connectivity index (χ0) is 11.3. The minimum Gasteiger partial charge on any atom is -0.191 e. The third-order valence-electron chi connectivity index (χ3n) is 1.23. The first-order valence-corrected chi connectivity index (χ1v) is 6.34. The number of nitrogens with zero attached hydrogens (tertiary/aromatic N) is 4. The van der Waals surface area contributed by atoms with Crippen molar-refractivity contribution in [2.24, 2.45) is 0 Å². The molecule has 0 spiro atoms. The van der Waals surface area contributed by atoms with E-state index in [1.807, 2.05) is 24.3 Å². The average molecular weight is 248 g/mol. The van der Waals surface area contributed by atoms with Crippen LogP contribution in [0.5, 0.6) is 0 Å². The van der Waals surface area contributed by atoms with E-state index in [-0.39, 0.29) is 19.5 Å². The van der Waals surface area contributed by atoms with Crippen molar-refractivity contribution in [3.05, 3.63) is 19.5 Å². The predicted molar refractivity (Wildman–Crippen MR) is 56.6 cm³/mol. The maximum absolute atomic E-state index is 8.77. The molecule has 1 heterocycles. The van der Waals surface area contributed by atoms with E-state index < -0.39 is 0 Å². The Morgan fingerprint density at radius 3 is 1.20 bits per heavy atom. The largest absolute Gasteiger partial charge is 0.191 e. The van der Waals surface area contributed by atoms with Crippen LogP contribution in [0.2, 0.25) is 0 Å². The van der Waals surface area contributed by atoms with Crippen molar-refractivity contribution < 1.29 is 0 Å². The van der Waals surface area contributed by atoms with Crippen LogP contribution in [-0.4, -0.2) is 0 Å². The average Bonchev–Trinajstić information content (AvgIpc) is 2.46. The van der Waals surface area contributed by atoms with Gasteiger partial charge in [-0.05, 0) is 0 Å². The van der Waals surface area contributed by atoms with Crippen LogP contribution in [0.3, 0.4) is 0 Å². The fraction of sp³-hybridized carbons (Fsp3) is 0. The van der Waals surface area contributed by atoms with Crippen LogP contribution in [-0.2, 0) is 0 Å². The summed E-state index contributed by atoms with van der Waals surface area (Å²) in [5, 5.41) is 35.0. The fourth-order valence-corrected chi connectivity index (χ4v) is 3.74. The van der Waals surface area contributed by atoms with E-state index in [2.05, 4.69) is 0 Å². The van der Waals surface area contributed by atoms with Crippen LogP contribution in [0.25, 0.3) is 0 Å². The van der Waals surface area contributed by atoms with Crippen molar-refractivity contribution in [3.8, 4) is 24.3 Å². The Kier molecular flexibility index (Phi) is 3.80. The summed E-state index contributed by atoms with van der Waals surface area (Å²) < 4.78 is 0. The molecule has 0 atom stereocenters. The third-order valence-corrected chi connectivity index (χ3v) is 4.75. The van der Waals surface area contributed by atoms with Gasteiger partial charge >= 0.3 is 0 Å². The highest BCUT2D eigenvalue weighted by Crippen LogP contribution is 2.26. The molecular formula is C8N4S3. The van der Waals surface area contributed by atoms with Crippen molar-refractivity contribution in [1.29, 1.82) is 21.0 Å². The number of nitriles is 4. The molecule has 0 saturated heterocycles. The Labute approximate surface area is 96.8 Å². The van der Waals surface area contributed by atoms with Crippen LogP contribution in [0.1, 0.15) is 19.5 Å². The smallest absolute Gasteiger partial charge is 0.143 e. The normalized spacial score (nSPS) is 7.73. The van der Waals surface area contributed by atoms with Crippen molar-refractivity contribution >= 4 is 32.0 Å². The molecule has 1 aromatic rings. The minimum atomic E-state index is 0.164. The Morgan fingerprint density at radius 2 is 0.933 bits per heavy atom. The lowest BCUT2D eigenvalue weighted by molar-refractivity contribution is 1.49. The van der Waals surface area contributed by atoms with Gasteiger partial charge in [0.25, 0.3) is 0 Å². The lowest BCUT2D eigenvalue weighted by atomic mass is 10.5. The Balaban J connectivity index is 3.72. The second-order valence-electron chi connectivity index (χ2n) is 2.03. The summed E-state index contributed by atoms with van der Waals surface area (Å²) in [6.07, 6.45) is 0. The van der Waals surface area contributed by atoms with E-state index in [1.54, 1.807) is 0 Å². The van der Waals surface area contributed by atoms with Gasteiger partial charge in [0.2, 0.25) is 0 Å². The molecule has 0 saturated carbocycles. The molecule has 0 aliphatic heterocycles. The molecule has 0 N–H and O–H groups in total. The first kappa shape index (κ1) is 11.2. The van der Waals surface area contributed by atoms with Crippen molar-refractivity contribution in [3.63, 3.8) is 0 Å². The maximum atomic E-state index is 8.77. The molecule has 0 aromatic carbocycles. The highest BCUT2D eigenvalue weighted by atomic mass is 32.9. The maximum Gasteiger partial charge on any atom is 0.143 e. The van der Waals surface area contributed by atoms with E-state index >= 15 is 0 Å². The van der Waals surface area contributed by atoms with Crippen LogP contribution >= 0.6 is 32.0 Å². The third kappa shape index (κ3) is 2.31. The van der Waals surface area contributed by atoms with Crippen molar-refractivity contribution in [2.75, 3.05) is 0 Å². The molecule has 70 valence electrons. The summed E-state index contributed by atoms with van der Waals surface area (Å²) in [6, 6.07) is 7.42. The molecule has 1 aromatic heterocycles. The SMILES string of the molecule is N#Cc1ssc(C#N)c(C#N)sc1C#N. The fourth-order valence-electron chi connectivity index (χ4n) is 0.640. The van der Waals surface area contributed by atoms with Gasteiger partial charge in [-0.3, -0.25) is 0 Å². The molecule has 0 aliphatic carbocycles. The lowest BCUT2D eigenvalue weighted by Gasteiger charge is -1.82. The van der Waals surface area contributed by atoms with Crippen LogP contribution in [0, 0.1) is 45.3 Å². The van der Waals surface area contributed by atoms with Gasteiger partial charge in [0.05, 0.1) is 0 Å². The summed E-state index contributed by atoms with van der Waals surface area (Å²) in [5.41, 5.74) is 0. The Morgan fingerprint density at radius 1 is 0.600 bits per heavy atom. The topological polar surface area (TPSA) is 95.2 Å². The van der Waals surface area contributed by atoms with E-state index in [9.17, 15) is 0 Å². The summed E-state index contributed by atoms with van der Waals surface area (Å²) in [6.45, 7) is 0. The van der Waals surface area contributed by atoms with Crippen LogP contribution in [0.4, 0.5) is 0 Å². The van der Waals surface area contributed by atoms with Crippen molar-refractivity contribution in [1.82, 2.24) is 0 Å². The number of hydrogen-bond donors (Lipinski definition) is 0. The molecule has 0 fully saturated rings. The van der Waals surface area contributed by atoms with E-state index in [4.69, 9.17) is 21.0 Å². The molecule has 7 heteroatoms. The Bertz CT molecular complexity index is 537. The van der Waals surface area contributed by atoms with Gasteiger partial charge in [-0.2, -0.15) is 21.0 Å². The molecule has 0 amide bonds. The minimum absolute atomic E-state index is 0.164. The first-order valence-electron chi connectivity index (χ1n) is 3.38. The summed E-state index contributed by atoms with van der Waals surface area (Å²) >= 11 is 0.868. The lowest BCUT2D eigenvalue weighted by Crippen LogP contribution is -1.73. The summed E-state index contributed by atoms with van der Waals surface area (Å²) in [5.74, 6) is 0. The number of hydrogen-bond acceptors (Lipinski definition) is 7. The second-order valence-corrected chi connectivity index (χ2v) is 5.20. The quantitative estimate of drug-likeness (QED) is 0.659. The van der Waals surface area contributed by atoms with E-state index in [0.29, 0.717) is 0 Å². The summed E-state index contributed by atoms with van der Waals surface area (Å²) in [4.78, 5) is 0.782. The second kappa shape index (κ2) is 5.10. The van der Waals surface area contributed by atoms with Gasteiger partial charge in [-0.1, -0.05) is 20.7 Å². The van der Waals surface area contributed by atoms with Crippen LogP contribution < -0.4 is 0 Å². The van der Waals surface area contributed by atoms with Gasteiger partial charge in [0, 0.05) is 0 Å². The molecule has 15 heavy (non-hydrogen) atoms. The van der Waals surface area contributed by atoms with E-state index in [1.165, 1.54) is 0 Å². The highest BCUT2D eigenvalue weighted by molar-refractivity contribution is 7.69. The molecule has 0 bridgehead atoms. The zero-order valence-electron chi connectivity index (χ0n) is 7.01. The Hall–Kier alpha value is -1.90. The molecular weight excluding hydrogens is 248 g/mol. The molecule has 1 rings (SSSR count). The molecule has 0 aliphatic rings. The highest BCUT2D eigenvalue weighted by Gasteiger charge is 2.08. The predicted octanol–water partition coefficient (Wildman–Crippen LogP) is 2.48. The van der Waals surface area contributed by atoms with Gasteiger partial charge in [0.1, 0.15) is 43.8 Å². The first-order chi connectivity index (χ1) is 7.26. The zero-order valence-corrected chi connectivity index (χ0v) is 9.46. The van der Waals surface area contributed by atoms with Gasteiger partial charge in [-0.25, -0.2) is 0 Å². The standard InChI is InChI=1S/C8N4S3/c9-1-5-7(3-11)14-15-8(4-12)6(2-10)13-5. The number of rotatable bonds is 0. The van der Waals surface area contributed by atoms with Crippen molar-refractivity contribution in [2.45, 2.75) is 0 Å². The summed E-state index contributed by atoms with van der Waals surface area (Å²) in [7, 11) is 2.06. The molecule has 0 radical (unpaired) electrons. The van der Waals surface area contributed by atoms with Gasteiger partial charge < -0.3 is 0 Å². The van der Waals surface area contributed by atoms with Crippen LogP contribution in [0.15, 0.2) is 0 Å². The van der Waals surface area contributed by atoms with E-state index in [0.717, 1.165) is 32.0 Å². The monoisotopic (exact) mass is 248 g/mol. The van der Waals surface area contributed by atoms with Gasteiger partial charge in [-0.15, -0.1) is 11.3 Å². The molecule has 0 unspecified atom stereocenters.